The first-order chi connectivity index (χ1) is 26.2. The predicted octanol–water partition coefficient (Wildman–Crippen LogP) is 5.78. The van der Waals surface area contributed by atoms with Gasteiger partial charge in [0.25, 0.3) is 0 Å². The lowest BCUT2D eigenvalue weighted by Crippen LogP contribution is -2.52. The van der Waals surface area contributed by atoms with E-state index in [4.69, 9.17) is 19.9 Å². The summed E-state index contributed by atoms with van der Waals surface area (Å²) < 4.78 is 16.7. The quantitative estimate of drug-likeness (QED) is 0.0438. The number of nitrogens with two attached hydrogens (primary N) is 1. The summed E-state index contributed by atoms with van der Waals surface area (Å²) in [5.41, 5.74) is 11.5. The van der Waals surface area contributed by atoms with Crippen LogP contribution < -0.4 is 21.7 Å². The van der Waals surface area contributed by atoms with Gasteiger partial charge in [-0.25, -0.2) is 14.4 Å². The number of aliphatic imine (C=N–C) groups is 1. The van der Waals surface area contributed by atoms with E-state index in [0.717, 1.165) is 33.4 Å². The van der Waals surface area contributed by atoms with Gasteiger partial charge in [0.2, 0.25) is 5.91 Å². The number of alkyl carbamates (subject to hydrolysis) is 2. The summed E-state index contributed by atoms with van der Waals surface area (Å²) >= 11 is 0. The zero-order chi connectivity index (χ0) is 40.0. The van der Waals surface area contributed by atoms with Crippen LogP contribution in [0.5, 0.6) is 0 Å². The van der Waals surface area contributed by atoms with Crippen molar-refractivity contribution in [3.05, 3.63) is 95.1 Å². The van der Waals surface area contributed by atoms with Crippen LogP contribution in [-0.2, 0) is 30.4 Å². The molecule has 0 bridgehead atoms. The molecule has 0 saturated carbocycles. The van der Waals surface area contributed by atoms with Crippen molar-refractivity contribution in [1.82, 2.24) is 20.9 Å². The summed E-state index contributed by atoms with van der Waals surface area (Å²) in [7, 11) is 3.55. The van der Waals surface area contributed by atoms with Crippen LogP contribution in [0.25, 0.3) is 11.1 Å². The second-order valence-corrected chi connectivity index (χ2v) is 14.9. The third-order valence-corrected chi connectivity index (χ3v) is 9.03. The fraction of sp³-hybridized carbons (Fsp3) is 0.452. The van der Waals surface area contributed by atoms with Crippen LogP contribution in [0.1, 0.15) is 81.0 Å². The minimum Gasteiger partial charge on any atom is -0.459 e. The number of guanidine groups is 1. The lowest BCUT2D eigenvalue weighted by molar-refractivity contribution is -0.149. The molecule has 4 rings (SSSR count). The Kier molecular flexibility index (Phi) is 15.5. The Balaban J connectivity index is 1.43. The first kappa shape index (κ1) is 42.2. The van der Waals surface area contributed by atoms with Gasteiger partial charge in [-0.3, -0.25) is 9.79 Å². The maximum absolute atomic E-state index is 13.9. The predicted molar refractivity (Wildman–Crippen MR) is 212 cm³/mol. The number of rotatable bonds is 17. The van der Waals surface area contributed by atoms with Crippen molar-refractivity contribution in [1.29, 1.82) is 0 Å². The van der Waals surface area contributed by atoms with Gasteiger partial charge >= 0.3 is 18.2 Å². The molecule has 3 amide bonds. The molecule has 5 N–H and O–H groups in total. The third kappa shape index (κ3) is 13.3. The van der Waals surface area contributed by atoms with Gasteiger partial charge in [0.05, 0.1) is 0 Å². The van der Waals surface area contributed by atoms with E-state index in [-0.39, 0.29) is 32.0 Å². The molecular weight excluding hydrogens is 700 g/mol. The molecule has 1 aliphatic carbocycles. The van der Waals surface area contributed by atoms with E-state index in [1.165, 1.54) is 0 Å². The second-order valence-electron chi connectivity index (χ2n) is 14.9. The molecule has 296 valence electrons. The van der Waals surface area contributed by atoms with Crippen molar-refractivity contribution in [2.24, 2.45) is 10.7 Å². The topological polar surface area (TPSA) is 174 Å². The first-order valence-electron chi connectivity index (χ1n) is 18.8. The van der Waals surface area contributed by atoms with Crippen LogP contribution in [0.2, 0.25) is 0 Å². The van der Waals surface area contributed by atoms with Gasteiger partial charge in [-0.1, -0.05) is 78.4 Å². The van der Waals surface area contributed by atoms with Crippen LogP contribution in [-0.4, -0.2) is 86.4 Å². The van der Waals surface area contributed by atoms with Crippen molar-refractivity contribution in [3.8, 4) is 11.1 Å². The Bertz CT molecular complexity index is 1740. The van der Waals surface area contributed by atoms with Crippen molar-refractivity contribution in [3.63, 3.8) is 0 Å². The average molecular weight is 757 g/mol. The lowest BCUT2D eigenvalue weighted by atomic mass is 9.98. The number of unbranched alkanes of at least 4 members (excludes halogenated alkanes) is 1. The van der Waals surface area contributed by atoms with Crippen molar-refractivity contribution in [2.45, 2.75) is 90.0 Å². The zero-order valence-corrected chi connectivity index (χ0v) is 32.9. The molecule has 0 heterocycles. The van der Waals surface area contributed by atoms with Crippen LogP contribution in [0, 0.1) is 6.92 Å². The van der Waals surface area contributed by atoms with E-state index >= 15 is 0 Å². The average Bonchev–Trinajstić information content (AvgIpc) is 3.46. The minimum absolute atomic E-state index is 0.0262. The van der Waals surface area contributed by atoms with E-state index in [1.807, 2.05) is 67.6 Å². The number of hydrogen-bond donors (Lipinski definition) is 4. The molecule has 3 aromatic carbocycles. The molecule has 1 aliphatic rings. The van der Waals surface area contributed by atoms with E-state index < -0.39 is 41.7 Å². The Morgan fingerprint density at radius 3 is 2.04 bits per heavy atom. The molecule has 0 aliphatic heterocycles. The molecule has 0 spiro atoms. The van der Waals surface area contributed by atoms with Gasteiger partial charge in [-0.05, 0) is 87.6 Å². The maximum Gasteiger partial charge on any atom is 0.407 e. The third-order valence-electron chi connectivity index (χ3n) is 9.03. The smallest absolute Gasteiger partial charge is 0.407 e. The molecule has 2 atom stereocenters. The van der Waals surface area contributed by atoms with Gasteiger partial charge in [-0.2, -0.15) is 0 Å². The summed E-state index contributed by atoms with van der Waals surface area (Å²) in [6, 6.07) is 21.6. The molecule has 0 saturated heterocycles. The molecular formula is C42H56N6O7. The largest absolute Gasteiger partial charge is 0.459 e. The Labute approximate surface area is 324 Å². The highest BCUT2D eigenvalue weighted by molar-refractivity contribution is 5.89. The molecule has 13 nitrogen and oxygen atoms in total. The number of nitrogens with zero attached hydrogens (tertiary/aromatic N) is 2. The number of aryl methyl sites for hydroxylation is 1. The normalized spacial score (nSPS) is 13.5. The van der Waals surface area contributed by atoms with E-state index in [2.05, 4.69) is 33.1 Å². The number of esters is 1. The molecule has 0 fully saturated rings. The second kappa shape index (κ2) is 20.2. The lowest BCUT2D eigenvalue weighted by Gasteiger charge is -2.23. The standard InChI is InChI=1S/C42H56N6O7/c1-28-20-22-29(23-21-28)26-53-38(50)36(18-11-12-24-45-40(51)55-42(2,3)4)46-37(49)35(19-13-25-44-39(43)48(5)6)47-41(52)54-27-34-32-16-9-7-14-30(32)31-15-8-10-17-33(31)34/h7-10,14-17,20-23,34-36H,11-13,18-19,24-27H2,1-6H3,(H2,43,44)(H,45,51)(H,46,49)(H,47,52)/t35-,36-/m0/s1. The number of carbonyl (C=O) groups excluding carboxylic acids is 4. The number of fused-ring (bicyclic) bond motifs is 3. The van der Waals surface area contributed by atoms with Gasteiger partial charge in [0.15, 0.2) is 5.96 Å². The van der Waals surface area contributed by atoms with E-state index in [9.17, 15) is 19.2 Å². The number of benzene rings is 3. The van der Waals surface area contributed by atoms with Gasteiger partial charge < -0.3 is 40.8 Å². The molecule has 0 radical (unpaired) electrons. The number of amides is 3. The molecule has 0 aromatic heterocycles. The summed E-state index contributed by atoms with van der Waals surface area (Å²) in [4.78, 5) is 58.8. The Morgan fingerprint density at radius 2 is 1.42 bits per heavy atom. The summed E-state index contributed by atoms with van der Waals surface area (Å²) in [6.07, 6.45) is 0.544. The molecule has 0 unspecified atom stereocenters. The molecule has 55 heavy (non-hydrogen) atoms. The van der Waals surface area contributed by atoms with Gasteiger partial charge in [0, 0.05) is 33.1 Å². The van der Waals surface area contributed by atoms with Crippen LogP contribution in [0.3, 0.4) is 0 Å². The molecule has 3 aromatic rings. The summed E-state index contributed by atoms with van der Waals surface area (Å²) in [5.74, 6) is -1.01. The van der Waals surface area contributed by atoms with Crippen molar-refractivity contribution < 1.29 is 33.4 Å². The zero-order valence-electron chi connectivity index (χ0n) is 32.9. The number of carbonyl (C=O) groups is 4. The summed E-state index contributed by atoms with van der Waals surface area (Å²) in [5, 5.41) is 8.27. The van der Waals surface area contributed by atoms with Crippen LogP contribution in [0.15, 0.2) is 77.8 Å². The monoisotopic (exact) mass is 756 g/mol. The number of nitrogens with one attached hydrogen (secondary N) is 3. The minimum atomic E-state index is -1.05. The van der Waals surface area contributed by atoms with Crippen LogP contribution >= 0.6 is 0 Å². The van der Waals surface area contributed by atoms with Crippen molar-refractivity contribution >= 4 is 30.0 Å². The highest BCUT2D eigenvalue weighted by Crippen LogP contribution is 2.44. The van der Waals surface area contributed by atoms with Gasteiger partial charge in [0.1, 0.15) is 30.9 Å². The van der Waals surface area contributed by atoms with Crippen LogP contribution in [0.4, 0.5) is 9.59 Å². The van der Waals surface area contributed by atoms with Gasteiger partial charge in [-0.15, -0.1) is 0 Å². The number of ether oxygens (including phenoxy) is 3. The highest BCUT2D eigenvalue weighted by atomic mass is 16.6. The SMILES string of the molecule is Cc1ccc(COC(=O)[C@H](CCCCNC(=O)OC(C)(C)C)NC(=O)[C@H](CCCN=C(N)N(C)C)NC(=O)OCC2c3ccccc3-c3ccccc32)cc1. The Morgan fingerprint density at radius 1 is 0.800 bits per heavy atom. The Hall–Kier alpha value is -5.59. The molecule has 13 heteroatoms. The fourth-order valence-electron chi connectivity index (χ4n) is 6.12. The first-order valence-corrected chi connectivity index (χ1v) is 18.8. The summed E-state index contributed by atoms with van der Waals surface area (Å²) in [6.45, 7) is 8.04. The highest BCUT2D eigenvalue weighted by Gasteiger charge is 2.31. The number of hydrogen-bond acceptors (Lipinski definition) is 8. The van der Waals surface area contributed by atoms with Crippen molar-refractivity contribution in [2.75, 3.05) is 33.8 Å². The maximum atomic E-state index is 13.9. The van der Waals surface area contributed by atoms with E-state index in [0.29, 0.717) is 38.3 Å². The van der Waals surface area contributed by atoms with E-state index in [1.54, 1.807) is 39.8 Å². The fourth-order valence-corrected chi connectivity index (χ4v) is 6.12.